The number of fused-ring (bicyclic) bond motifs is 3. The van der Waals surface area contributed by atoms with Crippen LogP contribution in [-0.2, 0) is 37.9 Å². The largest absolute Gasteiger partial charge is 0.493 e. The van der Waals surface area contributed by atoms with Gasteiger partial charge in [0.15, 0.2) is 0 Å². The number of ether oxygens (including phenoxy) is 2. The summed E-state index contributed by atoms with van der Waals surface area (Å²) in [6, 6.07) is 10.5. The Hall–Kier alpha value is -3.43. The zero-order valence-corrected chi connectivity index (χ0v) is 22.3. The van der Waals surface area contributed by atoms with Crippen LogP contribution in [0.5, 0.6) is 5.75 Å². The van der Waals surface area contributed by atoms with Gasteiger partial charge in [-0.2, -0.15) is 0 Å². The van der Waals surface area contributed by atoms with Gasteiger partial charge >= 0.3 is 0 Å². The number of carbonyl (C=O) groups is 4. The van der Waals surface area contributed by atoms with Crippen LogP contribution < -0.4 is 10.1 Å². The van der Waals surface area contributed by atoms with Crippen LogP contribution in [0, 0.1) is 0 Å². The van der Waals surface area contributed by atoms with Crippen molar-refractivity contribution in [3.8, 4) is 5.75 Å². The zero-order chi connectivity index (χ0) is 27.1. The maximum absolute atomic E-state index is 13.0. The van der Waals surface area contributed by atoms with Crippen molar-refractivity contribution in [3.05, 3.63) is 63.7 Å². The van der Waals surface area contributed by atoms with E-state index in [1.807, 2.05) is 23.1 Å². The highest BCUT2D eigenvalue weighted by atomic mass is 35.5. The van der Waals surface area contributed by atoms with Crippen molar-refractivity contribution < 1.29 is 28.7 Å². The molecule has 10 heteroatoms. The van der Waals surface area contributed by atoms with Crippen LogP contribution in [0.4, 0.5) is 0 Å². The number of imide groups is 1. The topological polar surface area (TPSA) is 105 Å². The van der Waals surface area contributed by atoms with Gasteiger partial charge in [-0.1, -0.05) is 23.7 Å². The quantitative estimate of drug-likeness (QED) is 0.436. The molecule has 1 N–H and O–H groups in total. The fourth-order valence-corrected chi connectivity index (χ4v) is 6.35. The van der Waals surface area contributed by atoms with Crippen LogP contribution in [0.2, 0.25) is 5.02 Å². The predicted molar refractivity (Wildman–Crippen MR) is 141 cm³/mol. The Morgan fingerprint density at radius 2 is 1.97 bits per heavy atom. The van der Waals surface area contributed by atoms with Crippen molar-refractivity contribution in [1.82, 2.24) is 15.1 Å². The van der Waals surface area contributed by atoms with E-state index in [-0.39, 0.29) is 36.3 Å². The van der Waals surface area contributed by atoms with Gasteiger partial charge in [0.1, 0.15) is 11.8 Å². The van der Waals surface area contributed by atoms with E-state index < -0.39 is 11.9 Å². The smallest absolute Gasteiger partial charge is 0.255 e. The standard InChI is InChI=1S/C29H30ClN3O6/c30-19-7-6-18-17-39-29(22(18)15-19)10-12-32(13-11-29)26(35)5-2-14-38-24-4-1-3-20-21(24)16-33(28(20)37)23-8-9-25(34)31-27(23)36/h1,3-4,6-7,15,23H,2,5,8-14,16-17H2,(H,31,34,36). The molecular formula is C29H30ClN3O6. The van der Waals surface area contributed by atoms with Crippen LogP contribution in [0.15, 0.2) is 36.4 Å². The summed E-state index contributed by atoms with van der Waals surface area (Å²) in [7, 11) is 0. The van der Waals surface area contributed by atoms with Crippen LogP contribution >= 0.6 is 11.6 Å². The predicted octanol–water partition coefficient (Wildman–Crippen LogP) is 3.31. The molecule has 1 unspecified atom stereocenters. The molecule has 1 atom stereocenters. The highest BCUT2D eigenvalue weighted by Gasteiger charge is 2.43. The molecule has 1 spiro atoms. The third-order valence-corrected chi connectivity index (χ3v) is 8.56. The molecule has 39 heavy (non-hydrogen) atoms. The molecule has 4 amide bonds. The molecule has 6 rings (SSSR count). The van der Waals surface area contributed by atoms with E-state index in [4.69, 9.17) is 21.1 Å². The maximum atomic E-state index is 13.0. The molecular weight excluding hydrogens is 522 g/mol. The maximum Gasteiger partial charge on any atom is 0.255 e. The Balaban J connectivity index is 1.00. The molecule has 0 radical (unpaired) electrons. The molecule has 2 aromatic rings. The Morgan fingerprint density at radius 1 is 1.15 bits per heavy atom. The van der Waals surface area contributed by atoms with Gasteiger partial charge in [-0.25, -0.2) is 0 Å². The molecule has 0 aliphatic carbocycles. The van der Waals surface area contributed by atoms with Gasteiger partial charge in [0, 0.05) is 42.1 Å². The summed E-state index contributed by atoms with van der Waals surface area (Å²) >= 11 is 6.23. The third-order valence-electron chi connectivity index (χ3n) is 8.32. The molecule has 2 aromatic carbocycles. The Labute approximate surface area is 231 Å². The van der Waals surface area contributed by atoms with E-state index in [0.29, 0.717) is 61.9 Å². The summed E-state index contributed by atoms with van der Waals surface area (Å²) in [5, 5.41) is 3.02. The third kappa shape index (κ3) is 4.78. The summed E-state index contributed by atoms with van der Waals surface area (Å²) in [5.74, 6) is -0.317. The van der Waals surface area contributed by atoms with Crippen molar-refractivity contribution in [2.75, 3.05) is 19.7 Å². The van der Waals surface area contributed by atoms with Gasteiger partial charge in [0.25, 0.3) is 5.91 Å². The lowest BCUT2D eigenvalue weighted by Gasteiger charge is -2.39. The van der Waals surface area contributed by atoms with Crippen molar-refractivity contribution in [2.45, 2.75) is 63.3 Å². The molecule has 9 nitrogen and oxygen atoms in total. The van der Waals surface area contributed by atoms with Crippen LogP contribution in [-0.4, -0.2) is 59.2 Å². The number of rotatable bonds is 6. The lowest BCUT2D eigenvalue weighted by Crippen LogP contribution is -2.52. The van der Waals surface area contributed by atoms with Crippen LogP contribution in [0.1, 0.15) is 65.6 Å². The average molecular weight is 552 g/mol. The summed E-state index contributed by atoms with van der Waals surface area (Å²) in [5.41, 5.74) is 3.21. The zero-order valence-electron chi connectivity index (χ0n) is 21.5. The Bertz CT molecular complexity index is 1350. The highest BCUT2D eigenvalue weighted by molar-refractivity contribution is 6.30. The Morgan fingerprint density at radius 3 is 2.77 bits per heavy atom. The number of piperidine rings is 2. The second-order valence-corrected chi connectivity index (χ2v) is 11.0. The van der Waals surface area contributed by atoms with E-state index in [1.165, 1.54) is 10.5 Å². The number of halogens is 1. The number of nitrogens with one attached hydrogen (secondary N) is 1. The first-order valence-electron chi connectivity index (χ1n) is 13.4. The molecule has 0 saturated carbocycles. The van der Waals surface area contributed by atoms with E-state index in [0.717, 1.165) is 24.0 Å². The number of benzene rings is 2. The number of carbonyl (C=O) groups excluding carboxylic acids is 4. The molecule has 0 aromatic heterocycles. The minimum atomic E-state index is -0.670. The second-order valence-electron chi connectivity index (χ2n) is 10.6. The lowest BCUT2D eigenvalue weighted by atomic mass is 9.83. The summed E-state index contributed by atoms with van der Waals surface area (Å²) in [4.78, 5) is 53.1. The van der Waals surface area contributed by atoms with Crippen molar-refractivity contribution in [2.24, 2.45) is 0 Å². The summed E-state index contributed by atoms with van der Waals surface area (Å²) < 4.78 is 12.2. The lowest BCUT2D eigenvalue weighted by molar-refractivity contribution is -0.139. The van der Waals surface area contributed by atoms with E-state index in [2.05, 4.69) is 5.32 Å². The normalized spacial score (nSPS) is 21.7. The number of likely N-dealkylation sites (tertiary alicyclic amines) is 1. The number of hydrogen-bond donors (Lipinski definition) is 1. The molecule has 4 heterocycles. The molecule has 2 saturated heterocycles. The van der Waals surface area contributed by atoms with Crippen molar-refractivity contribution in [1.29, 1.82) is 0 Å². The van der Waals surface area contributed by atoms with Crippen LogP contribution in [0.3, 0.4) is 0 Å². The number of hydrogen-bond acceptors (Lipinski definition) is 6. The average Bonchev–Trinajstić information content (AvgIpc) is 3.45. The Kier molecular flexibility index (Phi) is 6.81. The minimum Gasteiger partial charge on any atom is -0.493 e. The molecule has 4 aliphatic rings. The van der Waals surface area contributed by atoms with Gasteiger partial charge in [-0.3, -0.25) is 24.5 Å². The van der Waals surface area contributed by atoms with Gasteiger partial charge in [-0.05, 0) is 61.1 Å². The highest BCUT2D eigenvalue weighted by Crippen LogP contribution is 2.45. The fraction of sp³-hybridized carbons (Fsp3) is 0.448. The SMILES string of the molecule is O=C1CCC(N2Cc3c(OCCCC(=O)N4CCC5(CC4)OCc4ccc(Cl)cc45)cccc3C2=O)C(=O)N1. The fourth-order valence-electron chi connectivity index (χ4n) is 6.18. The minimum absolute atomic E-state index is 0.0928. The molecule has 4 aliphatic heterocycles. The van der Waals surface area contributed by atoms with Gasteiger partial charge in [0.2, 0.25) is 17.7 Å². The number of amides is 4. The van der Waals surface area contributed by atoms with Gasteiger partial charge in [0.05, 0.1) is 25.4 Å². The van der Waals surface area contributed by atoms with E-state index in [9.17, 15) is 19.2 Å². The van der Waals surface area contributed by atoms with E-state index in [1.54, 1.807) is 18.2 Å². The molecule has 204 valence electrons. The molecule has 2 fully saturated rings. The first kappa shape index (κ1) is 25.8. The monoisotopic (exact) mass is 551 g/mol. The number of nitrogens with zero attached hydrogens (tertiary/aromatic N) is 2. The second kappa shape index (κ2) is 10.3. The van der Waals surface area contributed by atoms with Gasteiger partial charge < -0.3 is 19.3 Å². The first-order chi connectivity index (χ1) is 18.8. The van der Waals surface area contributed by atoms with Crippen molar-refractivity contribution >= 4 is 35.2 Å². The van der Waals surface area contributed by atoms with Gasteiger partial charge in [-0.15, -0.1) is 0 Å². The molecule has 0 bridgehead atoms. The summed E-state index contributed by atoms with van der Waals surface area (Å²) in [6.45, 7) is 2.44. The van der Waals surface area contributed by atoms with Crippen molar-refractivity contribution in [3.63, 3.8) is 0 Å². The van der Waals surface area contributed by atoms with Crippen LogP contribution in [0.25, 0.3) is 0 Å². The van der Waals surface area contributed by atoms with E-state index >= 15 is 0 Å². The summed E-state index contributed by atoms with van der Waals surface area (Å²) in [6.07, 6.45) is 2.93. The first-order valence-corrected chi connectivity index (χ1v) is 13.8.